The minimum absolute atomic E-state index is 0.0203. The summed E-state index contributed by atoms with van der Waals surface area (Å²) in [6, 6.07) is 21.1. The van der Waals surface area contributed by atoms with E-state index in [2.05, 4.69) is 0 Å². The van der Waals surface area contributed by atoms with E-state index in [0.29, 0.717) is 29.2 Å². The Kier molecular flexibility index (Phi) is 6.17. The molecular weight excluding hydrogens is 410 g/mol. The van der Waals surface area contributed by atoms with Crippen molar-refractivity contribution in [3.63, 3.8) is 0 Å². The zero-order valence-corrected chi connectivity index (χ0v) is 17.4. The first kappa shape index (κ1) is 21.1. The van der Waals surface area contributed by atoms with Gasteiger partial charge in [-0.3, -0.25) is 14.5 Å². The summed E-state index contributed by atoms with van der Waals surface area (Å²) in [4.78, 5) is 38.3. The Bertz CT molecular complexity index is 1120. The standard InChI is InChI=1S/C25H21NO6/c1-30-22-15-18(11-12-21(22)32-16-17-7-3-2-4-8-17)25(29)31-14-13-26-23(27)19-9-5-6-10-20(19)24(26)28/h2-12,15H,13-14,16H2,1H3. The lowest BCUT2D eigenvalue weighted by molar-refractivity contribution is 0.0420. The predicted molar refractivity (Wildman–Crippen MR) is 116 cm³/mol. The topological polar surface area (TPSA) is 82.1 Å². The molecule has 3 aromatic carbocycles. The van der Waals surface area contributed by atoms with Crippen LogP contribution in [0.4, 0.5) is 0 Å². The number of hydrogen-bond acceptors (Lipinski definition) is 6. The van der Waals surface area contributed by atoms with Crippen molar-refractivity contribution in [2.45, 2.75) is 6.61 Å². The van der Waals surface area contributed by atoms with Crippen LogP contribution in [-0.2, 0) is 11.3 Å². The molecule has 2 amide bonds. The average molecular weight is 431 g/mol. The molecule has 0 aliphatic carbocycles. The Morgan fingerprint density at radius 3 is 2.16 bits per heavy atom. The monoisotopic (exact) mass is 431 g/mol. The van der Waals surface area contributed by atoms with Crippen molar-refractivity contribution >= 4 is 17.8 Å². The van der Waals surface area contributed by atoms with E-state index in [9.17, 15) is 14.4 Å². The minimum atomic E-state index is -0.588. The normalized spacial score (nSPS) is 12.5. The predicted octanol–water partition coefficient (Wildman–Crippen LogP) is 3.73. The Morgan fingerprint density at radius 1 is 0.844 bits per heavy atom. The molecule has 7 nitrogen and oxygen atoms in total. The smallest absolute Gasteiger partial charge is 0.338 e. The molecule has 32 heavy (non-hydrogen) atoms. The number of hydrogen-bond donors (Lipinski definition) is 0. The van der Waals surface area contributed by atoms with Gasteiger partial charge in [-0.1, -0.05) is 42.5 Å². The van der Waals surface area contributed by atoms with Crippen LogP contribution < -0.4 is 9.47 Å². The van der Waals surface area contributed by atoms with Crippen LogP contribution in [0.3, 0.4) is 0 Å². The van der Waals surface area contributed by atoms with Crippen LogP contribution in [0, 0.1) is 0 Å². The van der Waals surface area contributed by atoms with Crippen LogP contribution in [0.2, 0.25) is 0 Å². The van der Waals surface area contributed by atoms with E-state index in [1.807, 2.05) is 30.3 Å². The van der Waals surface area contributed by atoms with Gasteiger partial charge in [-0.05, 0) is 35.9 Å². The van der Waals surface area contributed by atoms with E-state index < -0.39 is 5.97 Å². The van der Waals surface area contributed by atoms with Crippen molar-refractivity contribution in [3.8, 4) is 11.5 Å². The molecule has 4 rings (SSSR count). The molecule has 1 heterocycles. The average Bonchev–Trinajstić information content (AvgIpc) is 3.08. The molecule has 0 atom stereocenters. The summed E-state index contributed by atoms with van der Waals surface area (Å²) in [5, 5.41) is 0. The second-order valence-electron chi connectivity index (χ2n) is 7.08. The largest absolute Gasteiger partial charge is 0.493 e. The number of esters is 1. The lowest BCUT2D eigenvalue weighted by Crippen LogP contribution is -2.33. The number of nitrogens with zero attached hydrogens (tertiary/aromatic N) is 1. The molecule has 1 aliphatic rings. The van der Waals surface area contributed by atoms with Gasteiger partial charge >= 0.3 is 5.97 Å². The molecule has 0 radical (unpaired) electrons. The molecule has 0 saturated carbocycles. The van der Waals surface area contributed by atoms with E-state index in [1.54, 1.807) is 36.4 Å². The maximum Gasteiger partial charge on any atom is 0.338 e. The number of carbonyl (C=O) groups is 3. The van der Waals surface area contributed by atoms with Crippen molar-refractivity contribution < 1.29 is 28.6 Å². The fraction of sp³-hybridized carbons (Fsp3) is 0.160. The summed E-state index contributed by atoms with van der Waals surface area (Å²) < 4.78 is 16.4. The summed E-state index contributed by atoms with van der Waals surface area (Å²) in [6.45, 7) is 0.230. The molecule has 0 N–H and O–H groups in total. The number of imide groups is 1. The summed E-state index contributed by atoms with van der Waals surface area (Å²) in [6.07, 6.45) is 0. The highest BCUT2D eigenvalue weighted by Gasteiger charge is 2.34. The van der Waals surface area contributed by atoms with Crippen molar-refractivity contribution in [3.05, 3.63) is 95.1 Å². The van der Waals surface area contributed by atoms with Crippen LogP contribution in [0.15, 0.2) is 72.8 Å². The van der Waals surface area contributed by atoms with Gasteiger partial charge in [0, 0.05) is 0 Å². The first-order valence-corrected chi connectivity index (χ1v) is 10.1. The van der Waals surface area contributed by atoms with Gasteiger partial charge in [-0.15, -0.1) is 0 Å². The Labute approximate surface area is 185 Å². The fourth-order valence-corrected chi connectivity index (χ4v) is 3.40. The van der Waals surface area contributed by atoms with Crippen molar-refractivity contribution in [1.82, 2.24) is 4.90 Å². The van der Waals surface area contributed by atoms with E-state index in [4.69, 9.17) is 14.2 Å². The molecule has 1 aliphatic heterocycles. The van der Waals surface area contributed by atoms with Crippen molar-refractivity contribution in [1.29, 1.82) is 0 Å². The lowest BCUT2D eigenvalue weighted by atomic mass is 10.1. The molecule has 0 unspecified atom stereocenters. The van der Waals surface area contributed by atoms with Crippen molar-refractivity contribution in [2.75, 3.05) is 20.3 Å². The van der Waals surface area contributed by atoms with Crippen LogP contribution in [-0.4, -0.2) is 42.9 Å². The number of amides is 2. The van der Waals surface area contributed by atoms with E-state index in [-0.39, 0.29) is 30.5 Å². The summed E-state index contributed by atoms with van der Waals surface area (Å²) in [5.74, 6) is -0.462. The van der Waals surface area contributed by atoms with Gasteiger partial charge in [0.25, 0.3) is 11.8 Å². The SMILES string of the molecule is COc1cc(C(=O)OCCN2C(=O)c3ccccc3C2=O)ccc1OCc1ccccc1. The van der Waals surface area contributed by atoms with Gasteiger partial charge in [0.15, 0.2) is 11.5 Å². The van der Waals surface area contributed by atoms with Crippen LogP contribution in [0.1, 0.15) is 36.6 Å². The number of methoxy groups -OCH3 is 1. The number of rotatable bonds is 8. The summed E-state index contributed by atoms with van der Waals surface area (Å²) >= 11 is 0. The molecule has 0 aromatic heterocycles. The summed E-state index contributed by atoms with van der Waals surface area (Å²) in [7, 11) is 1.49. The van der Waals surface area contributed by atoms with E-state index in [1.165, 1.54) is 13.2 Å². The second kappa shape index (κ2) is 9.34. The number of ether oxygens (including phenoxy) is 3. The maximum atomic E-state index is 12.5. The van der Waals surface area contributed by atoms with Crippen molar-refractivity contribution in [2.24, 2.45) is 0 Å². The van der Waals surface area contributed by atoms with E-state index in [0.717, 1.165) is 10.5 Å². The molecule has 0 bridgehead atoms. The lowest BCUT2D eigenvalue weighted by Gasteiger charge is -2.14. The Morgan fingerprint density at radius 2 is 1.50 bits per heavy atom. The molecule has 0 spiro atoms. The number of benzene rings is 3. The first-order chi connectivity index (χ1) is 15.6. The number of carbonyl (C=O) groups excluding carboxylic acids is 3. The number of fused-ring (bicyclic) bond motifs is 1. The molecular formula is C25H21NO6. The maximum absolute atomic E-state index is 12.5. The van der Waals surface area contributed by atoms with Crippen LogP contribution in [0.25, 0.3) is 0 Å². The van der Waals surface area contributed by atoms with Gasteiger partial charge in [0.05, 0.1) is 30.3 Å². The molecule has 0 saturated heterocycles. The quantitative estimate of drug-likeness (QED) is 0.399. The van der Waals surface area contributed by atoms with Gasteiger partial charge in [0.2, 0.25) is 0 Å². The Hall–Kier alpha value is -4.13. The highest BCUT2D eigenvalue weighted by Crippen LogP contribution is 2.29. The minimum Gasteiger partial charge on any atom is -0.493 e. The molecule has 0 fully saturated rings. The highest BCUT2D eigenvalue weighted by atomic mass is 16.5. The third-order valence-electron chi connectivity index (χ3n) is 5.06. The zero-order valence-electron chi connectivity index (χ0n) is 17.4. The zero-order chi connectivity index (χ0) is 22.5. The van der Waals surface area contributed by atoms with Gasteiger partial charge < -0.3 is 14.2 Å². The second-order valence-corrected chi connectivity index (χ2v) is 7.08. The van der Waals surface area contributed by atoms with Crippen LogP contribution >= 0.6 is 0 Å². The van der Waals surface area contributed by atoms with Gasteiger partial charge in [-0.25, -0.2) is 4.79 Å². The fourth-order valence-electron chi connectivity index (χ4n) is 3.40. The Balaban J connectivity index is 1.34. The molecule has 7 heteroatoms. The van der Waals surface area contributed by atoms with Gasteiger partial charge in [-0.2, -0.15) is 0 Å². The molecule has 162 valence electrons. The molecule has 3 aromatic rings. The third kappa shape index (κ3) is 4.32. The first-order valence-electron chi connectivity index (χ1n) is 10.1. The van der Waals surface area contributed by atoms with Crippen LogP contribution in [0.5, 0.6) is 11.5 Å². The summed E-state index contributed by atoms with van der Waals surface area (Å²) in [5.41, 5.74) is 2.00. The highest BCUT2D eigenvalue weighted by molar-refractivity contribution is 6.21. The third-order valence-corrected chi connectivity index (χ3v) is 5.06. The van der Waals surface area contributed by atoms with Gasteiger partial charge in [0.1, 0.15) is 13.2 Å². The van der Waals surface area contributed by atoms with E-state index >= 15 is 0 Å².